The molecule has 0 aromatic carbocycles. The quantitative estimate of drug-likeness (QED) is 0.785. The third kappa shape index (κ3) is 4.10. The zero-order valence-electron chi connectivity index (χ0n) is 12.5. The Morgan fingerprint density at radius 3 is 3.00 bits per heavy atom. The zero-order chi connectivity index (χ0) is 15.4. The third-order valence-electron chi connectivity index (χ3n) is 3.81. The Hall–Kier alpha value is -1.34. The van der Waals surface area contributed by atoms with Gasteiger partial charge in [-0.25, -0.2) is 0 Å². The minimum atomic E-state index is 0.162. The minimum absolute atomic E-state index is 0.162. The van der Waals surface area contributed by atoms with Gasteiger partial charge in [-0.15, -0.1) is 21.5 Å². The van der Waals surface area contributed by atoms with E-state index >= 15 is 0 Å². The molecule has 7 heteroatoms. The van der Waals surface area contributed by atoms with Gasteiger partial charge in [0.25, 0.3) is 5.22 Å². The van der Waals surface area contributed by atoms with Gasteiger partial charge in [-0.05, 0) is 30.2 Å². The summed E-state index contributed by atoms with van der Waals surface area (Å²) in [5.74, 6) is 1.86. The first-order valence-electron chi connectivity index (χ1n) is 7.46. The van der Waals surface area contributed by atoms with Crippen LogP contribution in [-0.2, 0) is 11.2 Å². The summed E-state index contributed by atoms with van der Waals surface area (Å²) >= 11 is 3.00. The van der Waals surface area contributed by atoms with Crippen LogP contribution in [0.5, 0.6) is 0 Å². The maximum Gasteiger partial charge on any atom is 0.277 e. The average molecular weight is 337 g/mol. The lowest BCUT2D eigenvalue weighted by atomic mass is 9.99. The number of carbonyl (C=O) groups is 1. The molecule has 0 spiro atoms. The maximum absolute atomic E-state index is 12.2. The SMILES string of the molecule is CC1CCN(C(=O)CSc2nnc(Cc3cccs3)o2)CC1. The zero-order valence-corrected chi connectivity index (χ0v) is 14.2. The lowest BCUT2D eigenvalue weighted by Crippen LogP contribution is -2.38. The molecule has 0 N–H and O–H groups in total. The van der Waals surface area contributed by atoms with Gasteiger partial charge < -0.3 is 9.32 Å². The molecule has 1 amide bonds. The predicted octanol–water partition coefficient (Wildman–Crippen LogP) is 3.07. The van der Waals surface area contributed by atoms with E-state index < -0.39 is 0 Å². The molecule has 1 aliphatic heterocycles. The van der Waals surface area contributed by atoms with Crippen LogP contribution in [0.4, 0.5) is 0 Å². The summed E-state index contributed by atoms with van der Waals surface area (Å²) in [4.78, 5) is 15.3. The first-order valence-corrected chi connectivity index (χ1v) is 9.32. The number of rotatable bonds is 5. The van der Waals surface area contributed by atoms with Crippen molar-refractivity contribution >= 4 is 29.0 Å². The van der Waals surface area contributed by atoms with Gasteiger partial charge >= 0.3 is 0 Å². The van der Waals surface area contributed by atoms with Gasteiger partial charge in [0.15, 0.2) is 0 Å². The van der Waals surface area contributed by atoms with E-state index in [2.05, 4.69) is 17.1 Å². The molecule has 118 valence electrons. The van der Waals surface area contributed by atoms with E-state index in [9.17, 15) is 4.79 Å². The summed E-state index contributed by atoms with van der Waals surface area (Å²) in [6, 6.07) is 4.05. The van der Waals surface area contributed by atoms with Crippen LogP contribution in [0.15, 0.2) is 27.2 Å². The van der Waals surface area contributed by atoms with Crippen LogP contribution in [0.1, 0.15) is 30.5 Å². The van der Waals surface area contributed by atoms with Crippen LogP contribution < -0.4 is 0 Å². The van der Waals surface area contributed by atoms with E-state index in [1.807, 2.05) is 22.4 Å². The highest BCUT2D eigenvalue weighted by Crippen LogP contribution is 2.21. The maximum atomic E-state index is 12.2. The average Bonchev–Trinajstić information content (AvgIpc) is 3.18. The topological polar surface area (TPSA) is 59.2 Å². The van der Waals surface area contributed by atoms with Crippen LogP contribution in [-0.4, -0.2) is 39.8 Å². The van der Waals surface area contributed by atoms with Gasteiger partial charge in [-0.1, -0.05) is 24.8 Å². The molecule has 22 heavy (non-hydrogen) atoms. The summed E-state index contributed by atoms with van der Waals surface area (Å²) in [5.41, 5.74) is 0. The minimum Gasteiger partial charge on any atom is -0.416 e. The standard InChI is InChI=1S/C15H19N3O2S2/c1-11-4-6-18(7-5-11)14(19)10-22-15-17-16-13(20-15)9-12-3-2-8-21-12/h2-3,8,11H,4-7,9-10H2,1H3. The lowest BCUT2D eigenvalue weighted by molar-refractivity contribution is -0.129. The second kappa shape index (κ2) is 7.28. The number of hydrogen-bond donors (Lipinski definition) is 0. The highest BCUT2D eigenvalue weighted by Gasteiger charge is 2.21. The molecule has 1 fully saturated rings. The van der Waals surface area contributed by atoms with Crippen molar-refractivity contribution in [3.05, 3.63) is 28.3 Å². The van der Waals surface area contributed by atoms with Crippen molar-refractivity contribution in [3.8, 4) is 0 Å². The van der Waals surface area contributed by atoms with E-state index in [1.54, 1.807) is 11.3 Å². The van der Waals surface area contributed by atoms with Crippen molar-refractivity contribution in [1.82, 2.24) is 15.1 Å². The van der Waals surface area contributed by atoms with Gasteiger partial charge in [0.05, 0.1) is 12.2 Å². The van der Waals surface area contributed by atoms with Crippen molar-refractivity contribution in [2.45, 2.75) is 31.4 Å². The van der Waals surface area contributed by atoms with Crippen molar-refractivity contribution in [3.63, 3.8) is 0 Å². The molecular formula is C15H19N3O2S2. The lowest BCUT2D eigenvalue weighted by Gasteiger charge is -2.30. The number of aromatic nitrogens is 2. The van der Waals surface area contributed by atoms with Crippen molar-refractivity contribution < 1.29 is 9.21 Å². The largest absolute Gasteiger partial charge is 0.416 e. The Morgan fingerprint density at radius 2 is 2.27 bits per heavy atom. The van der Waals surface area contributed by atoms with Crippen molar-refractivity contribution in [1.29, 1.82) is 0 Å². The highest BCUT2D eigenvalue weighted by molar-refractivity contribution is 7.99. The number of piperidine rings is 1. The fourth-order valence-corrected chi connectivity index (χ4v) is 3.78. The molecule has 0 radical (unpaired) electrons. The van der Waals surface area contributed by atoms with Gasteiger partial charge in [0.2, 0.25) is 11.8 Å². The number of likely N-dealkylation sites (tertiary alicyclic amines) is 1. The molecule has 0 saturated carbocycles. The molecule has 0 unspecified atom stereocenters. The fourth-order valence-electron chi connectivity index (χ4n) is 2.40. The highest BCUT2D eigenvalue weighted by atomic mass is 32.2. The molecule has 3 heterocycles. The van der Waals surface area contributed by atoms with E-state index in [0.29, 0.717) is 23.3 Å². The Bertz CT molecular complexity index is 604. The van der Waals surface area contributed by atoms with Crippen molar-refractivity contribution in [2.75, 3.05) is 18.8 Å². The Balaban J connectivity index is 1.47. The molecule has 0 aliphatic carbocycles. The van der Waals surface area contributed by atoms with Crippen LogP contribution in [0.3, 0.4) is 0 Å². The molecular weight excluding hydrogens is 318 g/mol. The number of hydrogen-bond acceptors (Lipinski definition) is 6. The first kappa shape index (κ1) is 15.6. The normalized spacial score (nSPS) is 16.1. The van der Waals surface area contributed by atoms with Crippen LogP contribution in [0, 0.1) is 5.92 Å². The van der Waals surface area contributed by atoms with E-state index in [-0.39, 0.29) is 5.91 Å². The second-order valence-corrected chi connectivity index (χ2v) is 7.53. The van der Waals surface area contributed by atoms with Gasteiger partial charge in [0, 0.05) is 18.0 Å². The monoisotopic (exact) mass is 337 g/mol. The number of thioether (sulfide) groups is 1. The summed E-state index contributed by atoms with van der Waals surface area (Å²) in [7, 11) is 0. The molecule has 2 aromatic heterocycles. The Morgan fingerprint density at radius 1 is 1.45 bits per heavy atom. The van der Waals surface area contributed by atoms with Crippen molar-refractivity contribution in [2.24, 2.45) is 5.92 Å². The van der Waals surface area contributed by atoms with Crippen LogP contribution in [0.2, 0.25) is 0 Å². The predicted molar refractivity (Wildman–Crippen MR) is 87.1 cm³/mol. The summed E-state index contributed by atoms with van der Waals surface area (Å²) in [6.45, 7) is 3.98. The Labute approximate surface area is 138 Å². The molecule has 2 aromatic rings. The van der Waals surface area contributed by atoms with Crippen LogP contribution in [0.25, 0.3) is 0 Å². The van der Waals surface area contributed by atoms with Gasteiger partial charge in [-0.2, -0.15) is 0 Å². The summed E-state index contributed by atoms with van der Waals surface area (Å²) in [6.07, 6.45) is 2.85. The molecule has 1 aliphatic rings. The van der Waals surface area contributed by atoms with Gasteiger partial charge in [-0.3, -0.25) is 4.79 Å². The van der Waals surface area contributed by atoms with E-state index in [0.717, 1.165) is 31.8 Å². The summed E-state index contributed by atoms with van der Waals surface area (Å²) < 4.78 is 5.59. The number of thiophene rings is 1. The second-order valence-electron chi connectivity index (χ2n) is 5.57. The van der Waals surface area contributed by atoms with E-state index in [4.69, 9.17) is 4.42 Å². The number of nitrogens with zero attached hydrogens (tertiary/aromatic N) is 3. The third-order valence-corrected chi connectivity index (χ3v) is 5.49. The van der Waals surface area contributed by atoms with E-state index in [1.165, 1.54) is 16.6 Å². The first-order chi connectivity index (χ1) is 10.7. The Kier molecular flexibility index (Phi) is 5.15. The molecule has 0 bridgehead atoms. The smallest absolute Gasteiger partial charge is 0.277 e. The fraction of sp³-hybridized carbons (Fsp3) is 0.533. The molecule has 5 nitrogen and oxygen atoms in total. The number of amides is 1. The molecule has 3 rings (SSSR count). The number of carbonyl (C=O) groups excluding carboxylic acids is 1. The van der Waals surface area contributed by atoms with Crippen LogP contribution >= 0.6 is 23.1 Å². The molecule has 1 saturated heterocycles. The summed E-state index contributed by atoms with van der Waals surface area (Å²) in [5, 5.41) is 10.5. The van der Waals surface area contributed by atoms with Gasteiger partial charge in [0.1, 0.15) is 0 Å². The molecule has 0 atom stereocenters.